The SMILES string of the molecule is CC(C=Cc1ccc2c(c1)OCO2)=NNC(=O)COc1ccc(Cl)cc1Cl. The zero-order valence-electron chi connectivity index (χ0n) is 14.4. The van der Waals surface area contributed by atoms with Crippen molar-refractivity contribution in [3.05, 3.63) is 58.1 Å². The van der Waals surface area contributed by atoms with Crippen molar-refractivity contribution < 1.29 is 19.0 Å². The van der Waals surface area contributed by atoms with Crippen LogP contribution < -0.4 is 19.6 Å². The molecule has 1 aliphatic rings. The van der Waals surface area contributed by atoms with E-state index >= 15 is 0 Å². The zero-order chi connectivity index (χ0) is 19.2. The smallest absolute Gasteiger partial charge is 0.277 e. The summed E-state index contributed by atoms with van der Waals surface area (Å²) in [5.41, 5.74) is 3.97. The summed E-state index contributed by atoms with van der Waals surface area (Å²) in [6.45, 7) is 1.78. The number of ether oxygens (including phenoxy) is 3. The monoisotopic (exact) mass is 406 g/mol. The van der Waals surface area contributed by atoms with Crippen molar-refractivity contribution in [3.63, 3.8) is 0 Å². The molecule has 0 spiro atoms. The van der Waals surface area contributed by atoms with E-state index in [4.69, 9.17) is 37.4 Å². The Labute approximate surface area is 166 Å². The van der Waals surface area contributed by atoms with E-state index < -0.39 is 5.91 Å². The molecular weight excluding hydrogens is 391 g/mol. The second kappa shape index (κ2) is 8.79. The molecular formula is C19H16Cl2N2O4. The Balaban J connectivity index is 1.50. The molecule has 2 aromatic rings. The Bertz CT molecular complexity index is 913. The van der Waals surface area contributed by atoms with Crippen LogP contribution in [0.3, 0.4) is 0 Å². The van der Waals surface area contributed by atoms with E-state index in [1.165, 1.54) is 0 Å². The number of nitrogens with zero attached hydrogens (tertiary/aromatic N) is 1. The number of amides is 1. The number of carbonyl (C=O) groups is 1. The van der Waals surface area contributed by atoms with Crippen molar-refractivity contribution in [2.24, 2.45) is 5.10 Å². The summed E-state index contributed by atoms with van der Waals surface area (Å²) in [5, 5.41) is 4.83. The van der Waals surface area contributed by atoms with Gasteiger partial charge in [0.05, 0.1) is 10.7 Å². The van der Waals surface area contributed by atoms with E-state index in [1.807, 2.05) is 24.3 Å². The molecule has 1 aliphatic heterocycles. The maximum atomic E-state index is 11.8. The molecule has 0 aliphatic carbocycles. The number of benzene rings is 2. The predicted molar refractivity (Wildman–Crippen MR) is 105 cm³/mol. The highest BCUT2D eigenvalue weighted by Crippen LogP contribution is 2.32. The molecule has 8 heteroatoms. The average molecular weight is 407 g/mol. The number of nitrogens with one attached hydrogen (secondary N) is 1. The lowest BCUT2D eigenvalue weighted by Gasteiger charge is -2.07. The highest BCUT2D eigenvalue weighted by atomic mass is 35.5. The van der Waals surface area contributed by atoms with Crippen LogP contribution in [0.15, 0.2) is 47.6 Å². The van der Waals surface area contributed by atoms with E-state index in [0.717, 1.165) is 11.3 Å². The maximum absolute atomic E-state index is 11.8. The first-order chi connectivity index (χ1) is 13.0. The van der Waals surface area contributed by atoms with Gasteiger partial charge in [0.2, 0.25) is 6.79 Å². The zero-order valence-corrected chi connectivity index (χ0v) is 15.9. The van der Waals surface area contributed by atoms with E-state index in [0.29, 0.717) is 27.3 Å². The molecule has 0 unspecified atom stereocenters. The molecule has 2 aromatic carbocycles. The number of hydrogen-bond donors (Lipinski definition) is 1. The largest absolute Gasteiger partial charge is 0.482 e. The third-order valence-corrected chi connectivity index (χ3v) is 4.05. The fraction of sp³-hybridized carbons (Fsp3) is 0.158. The van der Waals surface area contributed by atoms with Gasteiger partial charge in [-0.15, -0.1) is 0 Å². The molecule has 0 fully saturated rings. The van der Waals surface area contributed by atoms with Gasteiger partial charge in [0.1, 0.15) is 5.75 Å². The van der Waals surface area contributed by atoms with Crippen LogP contribution in [0.5, 0.6) is 17.2 Å². The molecule has 1 amide bonds. The average Bonchev–Trinajstić information content (AvgIpc) is 3.11. The Morgan fingerprint density at radius 1 is 1.22 bits per heavy atom. The molecule has 140 valence electrons. The number of hydrogen-bond acceptors (Lipinski definition) is 5. The summed E-state index contributed by atoms with van der Waals surface area (Å²) >= 11 is 11.8. The van der Waals surface area contributed by atoms with Crippen LogP contribution in [-0.4, -0.2) is 25.0 Å². The Hall–Kier alpha value is -2.70. The topological polar surface area (TPSA) is 69.2 Å². The molecule has 1 N–H and O–H groups in total. The number of fused-ring (bicyclic) bond motifs is 1. The van der Waals surface area contributed by atoms with Crippen LogP contribution >= 0.6 is 23.2 Å². The van der Waals surface area contributed by atoms with Gasteiger partial charge in [-0.1, -0.05) is 35.3 Å². The molecule has 0 saturated carbocycles. The maximum Gasteiger partial charge on any atom is 0.277 e. The van der Waals surface area contributed by atoms with Gasteiger partial charge in [0.25, 0.3) is 5.91 Å². The summed E-state index contributed by atoms with van der Waals surface area (Å²) < 4.78 is 15.9. The third kappa shape index (κ3) is 5.39. The van der Waals surface area contributed by atoms with Gasteiger partial charge in [-0.3, -0.25) is 4.79 Å². The van der Waals surface area contributed by atoms with E-state index in [-0.39, 0.29) is 13.4 Å². The molecule has 0 bridgehead atoms. The third-order valence-electron chi connectivity index (χ3n) is 3.52. The number of rotatable bonds is 6. The Kier molecular flexibility index (Phi) is 6.21. The van der Waals surface area contributed by atoms with Crippen LogP contribution in [0.25, 0.3) is 6.08 Å². The second-order valence-electron chi connectivity index (χ2n) is 5.60. The van der Waals surface area contributed by atoms with Gasteiger partial charge in [-0.2, -0.15) is 5.10 Å². The lowest BCUT2D eigenvalue weighted by atomic mass is 10.2. The highest BCUT2D eigenvalue weighted by molar-refractivity contribution is 6.35. The number of allylic oxidation sites excluding steroid dienone is 1. The minimum absolute atomic E-state index is 0.218. The summed E-state index contributed by atoms with van der Waals surface area (Å²) in [5.74, 6) is 1.40. The van der Waals surface area contributed by atoms with Crippen LogP contribution in [-0.2, 0) is 4.79 Å². The molecule has 6 nitrogen and oxygen atoms in total. The van der Waals surface area contributed by atoms with Gasteiger partial charge in [-0.05, 0) is 48.9 Å². The minimum atomic E-state index is -0.406. The molecule has 1 heterocycles. The lowest BCUT2D eigenvalue weighted by molar-refractivity contribution is -0.123. The first-order valence-corrected chi connectivity index (χ1v) is 8.75. The van der Waals surface area contributed by atoms with Crippen LogP contribution in [0.4, 0.5) is 0 Å². The Morgan fingerprint density at radius 2 is 2.04 bits per heavy atom. The van der Waals surface area contributed by atoms with Gasteiger partial charge in [0.15, 0.2) is 18.1 Å². The van der Waals surface area contributed by atoms with Crippen molar-refractivity contribution >= 4 is 40.9 Å². The molecule has 0 radical (unpaired) electrons. The molecule has 0 saturated heterocycles. The Morgan fingerprint density at radius 3 is 2.85 bits per heavy atom. The molecule has 27 heavy (non-hydrogen) atoms. The van der Waals surface area contributed by atoms with Gasteiger partial charge < -0.3 is 14.2 Å². The summed E-state index contributed by atoms with van der Waals surface area (Å²) in [6.07, 6.45) is 3.63. The van der Waals surface area contributed by atoms with Crippen LogP contribution in [0.2, 0.25) is 10.0 Å². The predicted octanol–water partition coefficient (Wildman–Crippen LogP) is 4.31. The van der Waals surface area contributed by atoms with Crippen molar-refractivity contribution in [2.45, 2.75) is 6.92 Å². The van der Waals surface area contributed by atoms with Gasteiger partial charge in [-0.25, -0.2) is 5.43 Å². The fourth-order valence-electron chi connectivity index (χ4n) is 2.19. The summed E-state index contributed by atoms with van der Waals surface area (Å²) in [6, 6.07) is 10.4. The molecule has 0 atom stereocenters. The first kappa shape index (κ1) is 19.1. The number of halogens is 2. The highest BCUT2D eigenvalue weighted by Gasteiger charge is 2.12. The van der Waals surface area contributed by atoms with Gasteiger partial charge >= 0.3 is 0 Å². The number of carbonyl (C=O) groups excluding carboxylic acids is 1. The van der Waals surface area contributed by atoms with Crippen molar-refractivity contribution in [2.75, 3.05) is 13.4 Å². The van der Waals surface area contributed by atoms with Crippen LogP contribution in [0.1, 0.15) is 12.5 Å². The van der Waals surface area contributed by atoms with Crippen molar-refractivity contribution in [1.82, 2.24) is 5.43 Å². The second-order valence-corrected chi connectivity index (χ2v) is 6.44. The molecule has 0 aromatic heterocycles. The molecule has 3 rings (SSSR count). The standard InChI is InChI=1S/C19H16Cl2N2O4/c1-12(2-3-13-4-6-17-18(8-13)27-11-26-17)22-23-19(24)10-25-16-7-5-14(20)9-15(16)21/h2-9H,10-11H2,1H3,(H,23,24). The minimum Gasteiger partial charge on any atom is -0.482 e. The fourth-order valence-corrected chi connectivity index (χ4v) is 2.65. The lowest BCUT2D eigenvalue weighted by Crippen LogP contribution is -2.25. The van der Waals surface area contributed by atoms with Crippen LogP contribution in [0, 0.1) is 0 Å². The van der Waals surface area contributed by atoms with Crippen molar-refractivity contribution in [1.29, 1.82) is 0 Å². The summed E-state index contributed by atoms with van der Waals surface area (Å²) in [7, 11) is 0. The number of hydrazone groups is 1. The summed E-state index contributed by atoms with van der Waals surface area (Å²) in [4.78, 5) is 11.8. The normalized spacial score (nSPS) is 13.1. The van der Waals surface area contributed by atoms with E-state index in [2.05, 4.69) is 10.5 Å². The quantitative estimate of drug-likeness (QED) is 0.573. The van der Waals surface area contributed by atoms with E-state index in [1.54, 1.807) is 31.2 Å². The first-order valence-electron chi connectivity index (χ1n) is 8.00. The van der Waals surface area contributed by atoms with Gasteiger partial charge in [0, 0.05) is 5.02 Å². The van der Waals surface area contributed by atoms with E-state index in [9.17, 15) is 4.79 Å². The van der Waals surface area contributed by atoms with Crippen molar-refractivity contribution in [3.8, 4) is 17.2 Å².